The zero-order chi connectivity index (χ0) is 22.7. The maximum atomic E-state index is 12.9. The lowest BCUT2D eigenvalue weighted by Crippen LogP contribution is -2.18. The molecule has 0 aliphatic rings. The fourth-order valence-corrected chi connectivity index (χ4v) is 3.44. The van der Waals surface area contributed by atoms with Gasteiger partial charge in [-0.25, -0.2) is 4.52 Å². The second-order valence-electron chi connectivity index (χ2n) is 7.04. The fraction of sp³-hybridized carbons (Fsp3) is 0.217. The number of fused-ring (bicyclic) bond motifs is 1. The Morgan fingerprint density at radius 2 is 1.75 bits per heavy atom. The molecule has 2 aromatic heterocycles. The maximum Gasteiger partial charge on any atom is 0.278 e. The molecule has 9 nitrogen and oxygen atoms in total. The molecule has 0 spiro atoms. The van der Waals surface area contributed by atoms with Crippen molar-refractivity contribution in [3.63, 3.8) is 0 Å². The molecule has 164 valence electrons. The number of benzene rings is 2. The van der Waals surface area contributed by atoms with E-state index in [-0.39, 0.29) is 18.2 Å². The zero-order valence-electron chi connectivity index (χ0n) is 18.2. The quantitative estimate of drug-likeness (QED) is 0.476. The molecule has 0 aliphatic carbocycles. The predicted octanol–water partition coefficient (Wildman–Crippen LogP) is 3.52. The number of aryl methyl sites for hydroxylation is 1. The first kappa shape index (κ1) is 21.3. The van der Waals surface area contributed by atoms with Crippen LogP contribution >= 0.6 is 0 Å². The number of carbonyl (C=O) groups excluding carboxylic acids is 1. The summed E-state index contributed by atoms with van der Waals surface area (Å²) in [4.78, 5) is 12.9. The molecule has 0 saturated carbocycles. The van der Waals surface area contributed by atoms with Crippen molar-refractivity contribution in [3.05, 3.63) is 65.6 Å². The van der Waals surface area contributed by atoms with Crippen molar-refractivity contribution in [1.82, 2.24) is 19.8 Å². The standard InChI is InChI=1S/C23H23N5O4/c1-14-21(23(29)24-16-6-5-7-18(12-16)32-4)25-26-22-20(19(13-30-2)27-28(14)22)15-8-10-17(31-3)11-9-15/h5-12H,13H2,1-4H3,(H,24,29). The molecular formula is C23H23N5O4. The van der Waals surface area contributed by atoms with Crippen LogP contribution in [0.4, 0.5) is 5.69 Å². The molecule has 0 saturated heterocycles. The van der Waals surface area contributed by atoms with Crippen molar-refractivity contribution in [1.29, 1.82) is 0 Å². The number of aromatic nitrogens is 4. The SMILES string of the molecule is COCc1nn2c(C)c(C(=O)Nc3cccc(OC)c3)nnc2c1-c1ccc(OC)cc1. The summed E-state index contributed by atoms with van der Waals surface area (Å²) in [5.41, 5.74) is 4.26. The monoisotopic (exact) mass is 433 g/mol. The number of hydrogen-bond acceptors (Lipinski definition) is 7. The highest BCUT2D eigenvalue weighted by Crippen LogP contribution is 2.30. The molecule has 0 radical (unpaired) electrons. The largest absolute Gasteiger partial charge is 0.497 e. The van der Waals surface area contributed by atoms with E-state index in [0.717, 1.165) is 16.9 Å². The van der Waals surface area contributed by atoms with Crippen molar-refractivity contribution in [3.8, 4) is 22.6 Å². The molecule has 1 amide bonds. The van der Waals surface area contributed by atoms with E-state index >= 15 is 0 Å². The van der Waals surface area contributed by atoms with Crippen LogP contribution in [0.2, 0.25) is 0 Å². The third-order valence-electron chi connectivity index (χ3n) is 5.04. The number of nitrogens with zero attached hydrogens (tertiary/aromatic N) is 4. The summed E-state index contributed by atoms with van der Waals surface area (Å²) in [6.07, 6.45) is 0. The molecule has 4 rings (SSSR count). The second-order valence-corrected chi connectivity index (χ2v) is 7.04. The van der Waals surface area contributed by atoms with Crippen molar-refractivity contribution < 1.29 is 19.0 Å². The average Bonchev–Trinajstić information content (AvgIpc) is 3.18. The second kappa shape index (κ2) is 9.03. The number of carbonyl (C=O) groups is 1. The molecule has 2 heterocycles. The number of rotatable bonds is 7. The summed E-state index contributed by atoms with van der Waals surface area (Å²) in [7, 11) is 4.79. The Hall–Kier alpha value is -3.98. The van der Waals surface area contributed by atoms with E-state index in [1.165, 1.54) is 0 Å². The number of anilines is 1. The van der Waals surface area contributed by atoms with Gasteiger partial charge in [-0.3, -0.25) is 4.79 Å². The Morgan fingerprint density at radius 3 is 2.44 bits per heavy atom. The van der Waals surface area contributed by atoms with Crippen LogP contribution in [0.3, 0.4) is 0 Å². The average molecular weight is 433 g/mol. The Balaban J connectivity index is 1.75. The first-order valence-corrected chi connectivity index (χ1v) is 9.89. The molecule has 0 fully saturated rings. The van der Waals surface area contributed by atoms with Gasteiger partial charge in [0, 0.05) is 18.9 Å². The lowest BCUT2D eigenvalue weighted by molar-refractivity contribution is 0.102. The van der Waals surface area contributed by atoms with Crippen LogP contribution in [-0.4, -0.2) is 47.0 Å². The Morgan fingerprint density at radius 1 is 1.00 bits per heavy atom. The maximum absolute atomic E-state index is 12.9. The van der Waals surface area contributed by atoms with Gasteiger partial charge < -0.3 is 19.5 Å². The van der Waals surface area contributed by atoms with Crippen LogP contribution < -0.4 is 14.8 Å². The van der Waals surface area contributed by atoms with E-state index in [9.17, 15) is 4.79 Å². The van der Waals surface area contributed by atoms with Crippen LogP contribution in [0.1, 0.15) is 21.9 Å². The number of hydrogen-bond donors (Lipinski definition) is 1. The predicted molar refractivity (Wildman–Crippen MR) is 119 cm³/mol. The van der Waals surface area contributed by atoms with Gasteiger partial charge in [-0.05, 0) is 36.8 Å². The van der Waals surface area contributed by atoms with E-state index in [1.807, 2.05) is 24.3 Å². The Labute approximate surface area is 185 Å². The summed E-state index contributed by atoms with van der Waals surface area (Å²) in [5.74, 6) is 0.999. The first-order valence-electron chi connectivity index (χ1n) is 9.89. The van der Waals surface area contributed by atoms with Crippen molar-refractivity contribution in [2.45, 2.75) is 13.5 Å². The number of ether oxygens (including phenoxy) is 3. The highest BCUT2D eigenvalue weighted by molar-refractivity contribution is 6.03. The minimum Gasteiger partial charge on any atom is -0.497 e. The van der Waals surface area contributed by atoms with Gasteiger partial charge in [0.1, 0.15) is 11.5 Å². The molecule has 0 unspecified atom stereocenters. The van der Waals surface area contributed by atoms with Gasteiger partial charge in [0.15, 0.2) is 11.3 Å². The molecule has 2 aromatic carbocycles. The molecular weight excluding hydrogens is 410 g/mol. The summed E-state index contributed by atoms with van der Waals surface area (Å²) < 4.78 is 17.4. The summed E-state index contributed by atoms with van der Waals surface area (Å²) in [6, 6.07) is 14.7. The van der Waals surface area contributed by atoms with E-state index < -0.39 is 0 Å². The third-order valence-corrected chi connectivity index (χ3v) is 5.04. The first-order chi connectivity index (χ1) is 15.5. The minimum atomic E-state index is -0.389. The lowest BCUT2D eigenvalue weighted by Gasteiger charge is -2.09. The minimum absolute atomic E-state index is 0.174. The van der Waals surface area contributed by atoms with Gasteiger partial charge in [0.05, 0.1) is 37.8 Å². The van der Waals surface area contributed by atoms with E-state index in [4.69, 9.17) is 14.2 Å². The van der Waals surface area contributed by atoms with E-state index in [0.29, 0.717) is 28.5 Å². The van der Waals surface area contributed by atoms with Crippen LogP contribution in [0, 0.1) is 6.92 Å². The molecule has 4 aromatic rings. The van der Waals surface area contributed by atoms with Crippen LogP contribution in [0.5, 0.6) is 11.5 Å². The molecule has 0 bridgehead atoms. The summed E-state index contributed by atoms with van der Waals surface area (Å²) in [6.45, 7) is 2.07. The van der Waals surface area contributed by atoms with Gasteiger partial charge in [0.25, 0.3) is 5.91 Å². The third kappa shape index (κ3) is 3.97. The molecule has 0 aliphatic heterocycles. The normalized spacial score (nSPS) is 10.9. The van der Waals surface area contributed by atoms with Crippen LogP contribution in [0.25, 0.3) is 16.8 Å². The molecule has 32 heavy (non-hydrogen) atoms. The van der Waals surface area contributed by atoms with E-state index in [1.54, 1.807) is 57.0 Å². The van der Waals surface area contributed by atoms with Gasteiger partial charge in [-0.1, -0.05) is 18.2 Å². The Bertz CT molecular complexity index is 1270. The molecule has 1 N–H and O–H groups in total. The van der Waals surface area contributed by atoms with Crippen LogP contribution in [0.15, 0.2) is 48.5 Å². The zero-order valence-corrected chi connectivity index (χ0v) is 18.2. The van der Waals surface area contributed by atoms with Gasteiger partial charge >= 0.3 is 0 Å². The van der Waals surface area contributed by atoms with Crippen molar-refractivity contribution in [2.75, 3.05) is 26.6 Å². The molecule has 0 atom stereocenters. The van der Waals surface area contributed by atoms with Crippen molar-refractivity contribution >= 4 is 17.2 Å². The van der Waals surface area contributed by atoms with Gasteiger partial charge in [0.2, 0.25) is 0 Å². The lowest BCUT2D eigenvalue weighted by atomic mass is 10.1. The Kier molecular flexibility index (Phi) is 6.00. The smallest absolute Gasteiger partial charge is 0.278 e. The van der Waals surface area contributed by atoms with Gasteiger partial charge in [-0.15, -0.1) is 10.2 Å². The van der Waals surface area contributed by atoms with Gasteiger partial charge in [-0.2, -0.15) is 5.10 Å². The topological polar surface area (TPSA) is 99.9 Å². The molecule has 9 heteroatoms. The van der Waals surface area contributed by atoms with Crippen molar-refractivity contribution in [2.24, 2.45) is 0 Å². The summed E-state index contributed by atoms with van der Waals surface area (Å²) in [5, 5.41) is 16.0. The van der Waals surface area contributed by atoms with Crippen LogP contribution in [-0.2, 0) is 11.3 Å². The number of amides is 1. The highest BCUT2D eigenvalue weighted by Gasteiger charge is 2.22. The fourth-order valence-electron chi connectivity index (χ4n) is 3.44. The highest BCUT2D eigenvalue weighted by atomic mass is 16.5. The van der Waals surface area contributed by atoms with E-state index in [2.05, 4.69) is 20.6 Å². The number of nitrogens with one attached hydrogen (secondary N) is 1. The number of methoxy groups -OCH3 is 3. The summed E-state index contributed by atoms with van der Waals surface area (Å²) >= 11 is 0.